The minimum atomic E-state index is -1.48. The number of primary amides is 1. The Morgan fingerprint density at radius 3 is 1.91 bits per heavy atom. The van der Waals surface area contributed by atoms with E-state index in [4.69, 9.17) is 16.6 Å². The fourth-order valence-corrected chi connectivity index (χ4v) is 2.88. The molecule has 0 aromatic carbocycles. The summed E-state index contributed by atoms with van der Waals surface area (Å²) in [6.45, 7) is 1.76. The van der Waals surface area contributed by atoms with Crippen LogP contribution in [0.15, 0.2) is 0 Å². The maximum Gasteiger partial charge on any atom is 0.322 e. The van der Waals surface area contributed by atoms with Gasteiger partial charge in [0.1, 0.15) is 24.7 Å². The zero-order chi connectivity index (χ0) is 27.1. The SMILES string of the molecule is CC[C@H](C)[C@H](NC(=O)[C@H](CC(N)=O)NC(=O)CNC(=O)[C@H](CS)NC(=O)CN)C(=O)NCC(=O)O. The van der Waals surface area contributed by atoms with Crippen molar-refractivity contribution in [2.75, 3.05) is 25.4 Å². The van der Waals surface area contributed by atoms with Crippen molar-refractivity contribution in [3.05, 3.63) is 0 Å². The van der Waals surface area contributed by atoms with E-state index in [1.54, 1.807) is 13.8 Å². The molecule has 6 amide bonds. The lowest BCUT2D eigenvalue weighted by atomic mass is 9.97. The lowest BCUT2D eigenvalue weighted by molar-refractivity contribution is -0.139. The molecule has 0 aliphatic heterocycles. The quantitative estimate of drug-likeness (QED) is 0.0890. The Balaban J connectivity index is 5.24. The van der Waals surface area contributed by atoms with E-state index in [-0.39, 0.29) is 12.3 Å². The molecule has 0 aliphatic rings. The summed E-state index contributed by atoms with van der Waals surface area (Å²) in [5.74, 6) is -6.58. The highest BCUT2D eigenvalue weighted by Gasteiger charge is 2.31. The maximum atomic E-state index is 12.7. The Hall–Kier alpha value is -3.40. The number of carbonyl (C=O) groups excluding carboxylic acids is 6. The second-order valence-electron chi connectivity index (χ2n) is 7.50. The monoisotopic (exact) mass is 519 g/mol. The predicted molar refractivity (Wildman–Crippen MR) is 126 cm³/mol. The summed E-state index contributed by atoms with van der Waals surface area (Å²) in [6, 6.07) is -3.69. The van der Waals surface area contributed by atoms with E-state index >= 15 is 0 Å². The summed E-state index contributed by atoms with van der Waals surface area (Å²) in [4.78, 5) is 83.0. The van der Waals surface area contributed by atoms with Gasteiger partial charge in [-0.25, -0.2) is 0 Å². The molecule has 0 rings (SSSR count). The van der Waals surface area contributed by atoms with Crippen LogP contribution in [0.2, 0.25) is 0 Å². The number of hydrogen-bond acceptors (Lipinski definition) is 9. The minimum Gasteiger partial charge on any atom is -0.480 e. The molecular weight excluding hydrogens is 486 g/mol. The smallest absolute Gasteiger partial charge is 0.322 e. The van der Waals surface area contributed by atoms with E-state index in [0.717, 1.165) is 0 Å². The molecule has 0 saturated heterocycles. The summed E-state index contributed by atoms with van der Waals surface area (Å²) < 4.78 is 0. The van der Waals surface area contributed by atoms with Gasteiger partial charge in [-0.05, 0) is 5.92 Å². The number of hydrogen-bond donors (Lipinski definition) is 9. The van der Waals surface area contributed by atoms with Crippen molar-refractivity contribution in [2.45, 2.75) is 44.8 Å². The van der Waals surface area contributed by atoms with Crippen LogP contribution < -0.4 is 38.1 Å². The first-order chi connectivity index (χ1) is 16.4. The summed E-state index contributed by atoms with van der Waals surface area (Å²) in [5.41, 5.74) is 10.3. The third-order valence-corrected chi connectivity index (χ3v) is 5.07. The van der Waals surface area contributed by atoms with E-state index in [0.29, 0.717) is 6.42 Å². The fraction of sp³-hybridized carbons (Fsp3) is 0.632. The first-order valence-electron chi connectivity index (χ1n) is 10.6. The van der Waals surface area contributed by atoms with Crippen LogP contribution in [-0.4, -0.2) is 90.0 Å². The summed E-state index contributed by atoms with van der Waals surface area (Å²) in [5, 5.41) is 20.1. The number of carboxylic acid groups (broad SMARTS) is 1. The van der Waals surface area contributed by atoms with Crippen LogP contribution >= 0.6 is 12.6 Å². The number of nitrogens with one attached hydrogen (secondary N) is 5. The Morgan fingerprint density at radius 2 is 1.43 bits per heavy atom. The van der Waals surface area contributed by atoms with E-state index in [1.165, 1.54) is 0 Å². The minimum absolute atomic E-state index is 0.0765. The third-order valence-electron chi connectivity index (χ3n) is 4.71. The standard InChI is InChI=1S/C19H33N7O8S/c1-3-9(2)16(19(34)23-7-15(30)31)26-18(33)10(4-12(21)27)24-14(29)6-22-17(32)11(8-35)25-13(28)5-20/h9-11,16,35H,3-8,20H2,1-2H3,(H2,21,27)(H,22,32)(H,23,34)(H,24,29)(H,25,28)(H,26,33)(H,30,31)/t9-,10-,11-,16-/m0/s1. The molecule has 15 nitrogen and oxygen atoms in total. The predicted octanol–water partition coefficient (Wildman–Crippen LogP) is -4.43. The van der Waals surface area contributed by atoms with Crippen molar-refractivity contribution in [1.82, 2.24) is 26.6 Å². The van der Waals surface area contributed by atoms with Crippen LogP contribution in [0.4, 0.5) is 0 Å². The molecule has 0 heterocycles. The van der Waals surface area contributed by atoms with Gasteiger partial charge in [-0.15, -0.1) is 0 Å². The Bertz CT molecular complexity index is 810. The van der Waals surface area contributed by atoms with Gasteiger partial charge in [0.05, 0.1) is 19.5 Å². The Kier molecular flexibility index (Phi) is 14.7. The van der Waals surface area contributed by atoms with Gasteiger partial charge >= 0.3 is 5.97 Å². The van der Waals surface area contributed by atoms with E-state index in [9.17, 15) is 33.6 Å². The lowest BCUT2D eigenvalue weighted by Gasteiger charge is -2.26. The van der Waals surface area contributed by atoms with Gasteiger partial charge < -0.3 is 43.2 Å². The molecule has 16 heteroatoms. The van der Waals surface area contributed by atoms with E-state index in [1.807, 2.05) is 0 Å². The molecule has 0 radical (unpaired) electrons. The van der Waals surface area contributed by atoms with Crippen LogP contribution in [0.1, 0.15) is 26.7 Å². The molecule has 0 unspecified atom stereocenters. The highest BCUT2D eigenvalue weighted by Crippen LogP contribution is 2.09. The first-order valence-corrected chi connectivity index (χ1v) is 11.2. The molecule has 0 spiro atoms. The van der Waals surface area contributed by atoms with Crippen molar-refractivity contribution >= 4 is 54.0 Å². The van der Waals surface area contributed by atoms with Crippen molar-refractivity contribution in [3.63, 3.8) is 0 Å². The van der Waals surface area contributed by atoms with Crippen LogP contribution in [0, 0.1) is 5.92 Å². The summed E-state index contributed by atoms with van der Waals surface area (Å²) >= 11 is 3.95. The zero-order valence-electron chi connectivity index (χ0n) is 19.5. The average molecular weight is 520 g/mol. The summed E-state index contributed by atoms with van der Waals surface area (Å²) in [6.07, 6.45) is -0.168. The normalized spacial score (nSPS) is 13.8. The van der Waals surface area contributed by atoms with E-state index < -0.39 is 85.0 Å². The molecule has 0 bridgehead atoms. The third kappa shape index (κ3) is 12.6. The van der Waals surface area contributed by atoms with Gasteiger partial charge in [-0.1, -0.05) is 20.3 Å². The Labute approximate surface area is 207 Å². The fourth-order valence-electron chi connectivity index (χ4n) is 2.62. The van der Waals surface area contributed by atoms with Gasteiger partial charge in [-0.3, -0.25) is 33.6 Å². The van der Waals surface area contributed by atoms with Gasteiger partial charge in [0.25, 0.3) is 0 Å². The highest BCUT2D eigenvalue weighted by atomic mass is 32.1. The van der Waals surface area contributed by atoms with Crippen molar-refractivity contribution in [2.24, 2.45) is 17.4 Å². The number of amides is 6. The average Bonchev–Trinajstić information content (AvgIpc) is 2.80. The van der Waals surface area contributed by atoms with Crippen LogP contribution in [0.25, 0.3) is 0 Å². The van der Waals surface area contributed by atoms with Gasteiger partial charge in [0.2, 0.25) is 35.4 Å². The molecule has 35 heavy (non-hydrogen) atoms. The molecule has 0 aromatic rings. The zero-order valence-corrected chi connectivity index (χ0v) is 20.4. The second-order valence-corrected chi connectivity index (χ2v) is 7.86. The second kappa shape index (κ2) is 16.3. The van der Waals surface area contributed by atoms with Crippen molar-refractivity contribution in [1.29, 1.82) is 0 Å². The van der Waals surface area contributed by atoms with Gasteiger partial charge in [0.15, 0.2) is 0 Å². The molecule has 0 fully saturated rings. The number of carboxylic acids is 1. The number of aliphatic carboxylic acids is 1. The van der Waals surface area contributed by atoms with Crippen LogP contribution in [0.5, 0.6) is 0 Å². The first kappa shape index (κ1) is 31.6. The Morgan fingerprint density at radius 1 is 0.857 bits per heavy atom. The number of nitrogens with two attached hydrogens (primary N) is 2. The summed E-state index contributed by atoms with van der Waals surface area (Å²) in [7, 11) is 0. The van der Waals surface area contributed by atoms with Crippen molar-refractivity contribution in [3.8, 4) is 0 Å². The molecule has 4 atom stereocenters. The maximum absolute atomic E-state index is 12.7. The van der Waals surface area contributed by atoms with Crippen LogP contribution in [-0.2, 0) is 33.6 Å². The molecule has 198 valence electrons. The highest BCUT2D eigenvalue weighted by molar-refractivity contribution is 7.80. The topological polar surface area (TPSA) is 252 Å². The molecule has 0 saturated carbocycles. The van der Waals surface area contributed by atoms with Gasteiger partial charge in [0, 0.05) is 5.75 Å². The molecule has 10 N–H and O–H groups in total. The molecular formula is C19H33N7O8S. The molecule has 0 aromatic heterocycles. The van der Waals surface area contributed by atoms with E-state index in [2.05, 4.69) is 39.2 Å². The lowest BCUT2D eigenvalue weighted by Crippen LogP contribution is -2.58. The van der Waals surface area contributed by atoms with Crippen molar-refractivity contribution < 1.29 is 38.7 Å². The number of rotatable bonds is 16. The number of carbonyl (C=O) groups is 7. The largest absolute Gasteiger partial charge is 0.480 e. The van der Waals surface area contributed by atoms with Crippen LogP contribution in [0.3, 0.4) is 0 Å². The molecule has 0 aliphatic carbocycles. The number of thiol groups is 1. The van der Waals surface area contributed by atoms with Gasteiger partial charge in [-0.2, -0.15) is 12.6 Å².